The van der Waals surface area contributed by atoms with Gasteiger partial charge in [0.2, 0.25) is 10.0 Å². The summed E-state index contributed by atoms with van der Waals surface area (Å²) in [6.45, 7) is 1.02. The number of sulfonamides is 1. The molecule has 0 aromatic carbocycles. The Morgan fingerprint density at radius 3 is 2.91 bits per heavy atom. The predicted octanol–water partition coefficient (Wildman–Crippen LogP) is 0.425. The second kappa shape index (κ2) is 6.01. The molecule has 3 heterocycles. The number of H-pyrrole nitrogens is 1. The molecule has 3 rings (SSSR count). The summed E-state index contributed by atoms with van der Waals surface area (Å²) in [5, 5.41) is 14.2. The highest BCUT2D eigenvalue weighted by atomic mass is 32.2. The summed E-state index contributed by atoms with van der Waals surface area (Å²) in [7, 11) is -3.47. The topological polar surface area (TPSA) is 118 Å². The maximum absolute atomic E-state index is 12.5. The first-order valence-corrected chi connectivity index (χ1v) is 8.57. The van der Waals surface area contributed by atoms with E-state index in [1.54, 1.807) is 6.07 Å². The molecule has 8 nitrogen and oxygen atoms in total. The van der Waals surface area contributed by atoms with Crippen LogP contribution in [0.1, 0.15) is 18.5 Å². The average molecular weight is 322 g/mol. The monoisotopic (exact) mass is 322 g/mol. The second-order valence-corrected chi connectivity index (χ2v) is 7.40. The fourth-order valence-corrected chi connectivity index (χ4v) is 4.18. The average Bonchev–Trinajstić information content (AvgIpc) is 3.05. The highest BCUT2D eigenvalue weighted by molar-refractivity contribution is 7.89. The van der Waals surface area contributed by atoms with Gasteiger partial charge in [-0.15, -0.1) is 5.10 Å². The zero-order valence-corrected chi connectivity index (χ0v) is 12.8. The van der Waals surface area contributed by atoms with Crippen molar-refractivity contribution >= 4 is 15.8 Å². The molecule has 0 unspecified atom stereocenters. The molecule has 0 aliphatic carbocycles. The van der Waals surface area contributed by atoms with E-state index in [1.165, 1.54) is 16.7 Å². The molecule has 2 aromatic rings. The normalized spacial score (nSPS) is 20.1. The Morgan fingerprint density at radius 1 is 1.36 bits per heavy atom. The minimum absolute atomic E-state index is 0.209. The van der Waals surface area contributed by atoms with Gasteiger partial charge in [0.1, 0.15) is 10.7 Å². The summed E-state index contributed by atoms with van der Waals surface area (Å²) in [5.41, 5.74) is 6.36. The first kappa shape index (κ1) is 14.9. The molecule has 22 heavy (non-hydrogen) atoms. The zero-order chi connectivity index (χ0) is 15.6. The molecule has 0 spiro atoms. The van der Waals surface area contributed by atoms with Crippen molar-refractivity contribution in [2.45, 2.75) is 24.2 Å². The molecule has 118 valence electrons. The van der Waals surface area contributed by atoms with E-state index in [9.17, 15) is 8.42 Å². The summed E-state index contributed by atoms with van der Waals surface area (Å²) in [4.78, 5) is 0.209. The van der Waals surface area contributed by atoms with Gasteiger partial charge in [0.25, 0.3) is 0 Å². The fourth-order valence-electron chi connectivity index (χ4n) is 2.72. The number of aromatic nitrogens is 4. The van der Waals surface area contributed by atoms with Gasteiger partial charge in [0, 0.05) is 19.3 Å². The molecule has 0 saturated carbocycles. The van der Waals surface area contributed by atoms with Crippen LogP contribution in [0.5, 0.6) is 0 Å². The minimum atomic E-state index is -3.47. The standard InChI is InChI=1S/C13H18N6O2S/c14-13-4-3-11(17-18-13)6-10-2-1-5-19(9-10)22(20,21)12-7-15-16-8-12/h3-4,7-8,10H,1-2,5-6,9H2,(H2,14,18)(H,15,16)/t10-/m1/s1. The maximum Gasteiger partial charge on any atom is 0.246 e. The van der Waals surface area contributed by atoms with Gasteiger partial charge >= 0.3 is 0 Å². The lowest BCUT2D eigenvalue weighted by molar-refractivity contribution is 0.264. The van der Waals surface area contributed by atoms with Crippen LogP contribution in [0.15, 0.2) is 29.4 Å². The van der Waals surface area contributed by atoms with Crippen LogP contribution in [0, 0.1) is 5.92 Å². The lowest BCUT2D eigenvalue weighted by Crippen LogP contribution is -2.40. The van der Waals surface area contributed by atoms with E-state index in [0.717, 1.165) is 18.5 Å². The van der Waals surface area contributed by atoms with E-state index in [1.807, 2.05) is 6.07 Å². The van der Waals surface area contributed by atoms with E-state index in [0.29, 0.717) is 25.3 Å². The van der Waals surface area contributed by atoms with Gasteiger partial charge in [-0.25, -0.2) is 8.42 Å². The van der Waals surface area contributed by atoms with E-state index >= 15 is 0 Å². The zero-order valence-electron chi connectivity index (χ0n) is 12.0. The van der Waals surface area contributed by atoms with E-state index in [-0.39, 0.29) is 10.8 Å². The highest BCUT2D eigenvalue weighted by Crippen LogP contribution is 2.25. The Bertz CT molecular complexity index is 713. The Kier molecular flexibility index (Phi) is 4.08. The van der Waals surface area contributed by atoms with Gasteiger partial charge in [-0.2, -0.15) is 14.5 Å². The van der Waals surface area contributed by atoms with Crippen molar-refractivity contribution in [1.29, 1.82) is 0 Å². The first-order chi connectivity index (χ1) is 10.6. The first-order valence-electron chi connectivity index (χ1n) is 7.13. The van der Waals surface area contributed by atoms with Crippen LogP contribution in [-0.4, -0.2) is 46.2 Å². The number of piperidine rings is 1. The quantitative estimate of drug-likeness (QED) is 0.842. The maximum atomic E-state index is 12.5. The number of nitrogens with two attached hydrogens (primary N) is 1. The molecule has 1 fully saturated rings. The number of aromatic amines is 1. The predicted molar refractivity (Wildman–Crippen MR) is 80.2 cm³/mol. The smallest absolute Gasteiger partial charge is 0.246 e. The Hall–Kier alpha value is -2.00. The van der Waals surface area contributed by atoms with E-state index < -0.39 is 10.0 Å². The van der Waals surface area contributed by atoms with Crippen LogP contribution >= 0.6 is 0 Å². The summed E-state index contributed by atoms with van der Waals surface area (Å²) < 4.78 is 26.5. The van der Waals surface area contributed by atoms with Gasteiger partial charge in [0.05, 0.1) is 11.9 Å². The summed E-state index contributed by atoms with van der Waals surface area (Å²) >= 11 is 0. The molecule has 0 amide bonds. The third-order valence-corrected chi connectivity index (χ3v) is 5.66. The second-order valence-electron chi connectivity index (χ2n) is 5.46. The number of anilines is 1. The van der Waals surface area contributed by atoms with Gasteiger partial charge in [0.15, 0.2) is 0 Å². The van der Waals surface area contributed by atoms with Crippen LogP contribution in [0.4, 0.5) is 5.82 Å². The molecule has 2 aromatic heterocycles. The number of rotatable bonds is 4. The van der Waals surface area contributed by atoms with Crippen molar-refractivity contribution < 1.29 is 8.42 Å². The van der Waals surface area contributed by atoms with Crippen LogP contribution < -0.4 is 5.73 Å². The minimum Gasteiger partial charge on any atom is -0.382 e. The van der Waals surface area contributed by atoms with Crippen LogP contribution in [-0.2, 0) is 16.4 Å². The molecule has 0 radical (unpaired) electrons. The number of hydrogen-bond acceptors (Lipinski definition) is 6. The van der Waals surface area contributed by atoms with Gasteiger partial charge in [-0.1, -0.05) is 0 Å². The van der Waals surface area contributed by atoms with Gasteiger partial charge in [-0.05, 0) is 37.3 Å². The summed E-state index contributed by atoms with van der Waals surface area (Å²) in [5.74, 6) is 0.616. The van der Waals surface area contributed by atoms with E-state index in [4.69, 9.17) is 5.73 Å². The van der Waals surface area contributed by atoms with Crippen molar-refractivity contribution in [2.24, 2.45) is 5.92 Å². The molecule has 1 aliphatic heterocycles. The third kappa shape index (κ3) is 3.09. The SMILES string of the molecule is Nc1ccc(C[C@H]2CCCN(S(=O)(=O)c3cn[nH]c3)C2)nn1. The van der Waals surface area contributed by atoms with Crippen molar-refractivity contribution in [3.63, 3.8) is 0 Å². The van der Waals surface area contributed by atoms with Crippen molar-refractivity contribution in [2.75, 3.05) is 18.8 Å². The Morgan fingerprint density at radius 2 is 2.23 bits per heavy atom. The molecular formula is C13H18N6O2S. The molecule has 3 N–H and O–H groups in total. The highest BCUT2D eigenvalue weighted by Gasteiger charge is 2.31. The lowest BCUT2D eigenvalue weighted by atomic mass is 9.94. The Labute approximate surface area is 128 Å². The summed E-state index contributed by atoms with van der Waals surface area (Å²) in [6, 6.07) is 3.55. The lowest BCUT2D eigenvalue weighted by Gasteiger charge is -2.31. The van der Waals surface area contributed by atoms with Crippen LogP contribution in [0.25, 0.3) is 0 Å². The molecule has 1 atom stereocenters. The third-order valence-electron chi connectivity index (χ3n) is 3.83. The van der Waals surface area contributed by atoms with Crippen molar-refractivity contribution in [3.05, 3.63) is 30.2 Å². The molecule has 1 saturated heterocycles. The number of nitrogens with one attached hydrogen (secondary N) is 1. The Balaban J connectivity index is 1.70. The number of nitrogen functional groups attached to an aromatic ring is 1. The van der Waals surface area contributed by atoms with Crippen LogP contribution in [0.3, 0.4) is 0 Å². The fraction of sp³-hybridized carbons (Fsp3) is 0.462. The van der Waals surface area contributed by atoms with Crippen LogP contribution in [0.2, 0.25) is 0 Å². The molecule has 0 bridgehead atoms. The molecular weight excluding hydrogens is 304 g/mol. The number of nitrogens with zero attached hydrogens (tertiary/aromatic N) is 4. The van der Waals surface area contributed by atoms with E-state index in [2.05, 4.69) is 20.4 Å². The summed E-state index contributed by atoms with van der Waals surface area (Å²) in [6.07, 6.45) is 5.26. The van der Waals surface area contributed by atoms with Crippen molar-refractivity contribution in [3.8, 4) is 0 Å². The molecule has 1 aliphatic rings. The van der Waals surface area contributed by atoms with Gasteiger partial charge in [-0.3, -0.25) is 5.10 Å². The van der Waals surface area contributed by atoms with Crippen molar-refractivity contribution in [1.82, 2.24) is 24.7 Å². The molecule has 9 heteroatoms. The number of hydrogen-bond donors (Lipinski definition) is 2. The van der Waals surface area contributed by atoms with Gasteiger partial charge < -0.3 is 5.73 Å². The largest absolute Gasteiger partial charge is 0.382 e.